The number of carbonyl (C=O) groups is 1. The number of halogens is 1. The van der Waals surface area contributed by atoms with Crippen molar-refractivity contribution in [1.29, 1.82) is 0 Å². The van der Waals surface area contributed by atoms with Gasteiger partial charge in [-0.3, -0.25) is 14.7 Å². The first-order valence-corrected chi connectivity index (χ1v) is 14.0. The van der Waals surface area contributed by atoms with Gasteiger partial charge < -0.3 is 9.74 Å². The predicted octanol–water partition coefficient (Wildman–Crippen LogP) is 5.54. The number of nitrogens with zero attached hydrogens (tertiary/aromatic N) is 5. The lowest BCUT2D eigenvalue weighted by molar-refractivity contribution is 0.0159. The summed E-state index contributed by atoms with van der Waals surface area (Å²) < 4.78 is 1.06. The van der Waals surface area contributed by atoms with E-state index >= 15 is 0 Å². The maximum absolute atomic E-state index is 13.2. The molecule has 0 bridgehead atoms. The molecule has 0 aliphatic carbocycles. The summed E-state index contributed by atoms with van der Waals surface area (Å²) in [6, 6.07) is 16.0. The molecule has 8 heteroatoms. The minimum absolute atomic E-state index is 0.0229. The molecule has 2 saturated heterocycles. The Hall–Kier alpha value is -2.84. The van der Waals surface area contributed by atoms with Crippen LogP contribution in [-0.4, -0.2) is 69.7 Å². The lowest BCUT2D eigenvalue weighted by atomic mass is 9.82. The second-order valence-corrected chi connectivity index (χ2v) is 11.1. The molecular weight excluding hydrogens is 530 g/mol. The zero-order valence-electron chi connectivity index (χ0n) is 21.6. The first-order valence-electron chi connectivity index (χ1n) is 13.2. The number of amides is 1. The molecule has 0 unspecified atom stereocenters. The molecule has 3 aromatic rings. The lowest BCUT2D eigenvalue weighted by Crippen LogP contribution is -2.56. The number of hydrogen-bond donors (Lipinski definition) is 0. The van der Waals surface area contributed by atoms with E-state index in [1.165, 1.54) is 0 Å². The van der Waals surface area contributed by atoms with Crippen LogP contribution in [0.15, 0.2) is 64.4 Å². The second-order valence-electron chi connectivity index (χ2n) is 10.2. The van der Waals surface area contributed by atoms with Gasteiger partial charge in [0.15, 0.2) is 0 Å². The van der Waals surface area contributed by atoms with Crippen LogP contribution < -0.4 is 0 Å². The predicted molar refractivity (Wildman–Crippen MR) is 150 cm³/mol. The van der Waals surface area contributed by atoms with Crippen molar-refractivity contribution in [3.05, 3.63) is 70.5 Å². The van der Waals surface area contributed by atoms with Gasteiger partial charge in [0.2, 0.25) is 0 Å². The second kappa shape index (κ2) is 11.3. The van der Waals surface area contributed by atoms with Crippen molar-refractivity contribution in [2.75, 3.05) is 32.8 Å². The van der Waals surface area contributed by atoms with Crippen LogP contribution in [0.4, 0.5) is 0 Å². The Labute approximate surface area is 227 Å². The highest BCUT2D eigenvalue weighted by atomic mass is 79.9. The fourth-order valence-electron chi connectivity index (χ4n) is 5.54. The van der Waals surface area contributed by atoms with Gasteiger partial charge in [0.05, 0.1) is 22.9 Å². The van der Waals surface area contributed by atoms with E-state index in [-0.39, 0.29) is 11.4 Å². The Kier molecular flexibility index (Phi) is 7.86. The summed E-state index contributed by atoms with van der Waals surface area (Å²) in [7, 11) is 0. The minimum Gasteiger partial charge on any atom is -0.396 e. The summed E-state index contributed by atoms with van der Waals surface area (Å²) in [6.07, 6.45) is 5.61. The van der Waals surface area contributed by atoms with Crippen molar-refractivity contribution in [2.24, 2.45) is 11.1 Å². The average molecular weight is 565 g/mol. The van der Waals surface area contributed by atoms with Crippen molar-refractivity contribution in [3.63, 3.8) is 0 Å². The van der Waals surface area contributed by atoms with E-state index in [2.05, 4.69) is 67.1 Å². The number of carbonyl (C=O) groups excluding carboxylic acids is 1. The number of hydrogen-bond acceptors (Lipinski definition) is 6. The largest absolute Gasteiger partial charge is 0.396 e. The Morgan fingerprint density at radius 1 is 1.05 bits per heavy atom. The van der Waals surface area contributed by atoms with Crippen LogP contribution in [0.3, 0.4) is 0 Å². The van der Waals surface area contributed by atoms with Crippen molar-refractivity contribution in [3.8, 4) is 0 Å². The molecule has 0 spiro atoms. The number of oxime groups is 1. The van der Waals surface area contributed by atoms with E-state index in [0.717, 1.165) is 78.6 Å². The Bertz CT molecular complexity index is 1260. The zero-order valence-corrected chi connectivity index (χ0v) is 23.2. The van der Waals surface area contributed by atoms with E-state index in [4.69, 9.17) is 4.84 Å². The number of aromatic nitrogens is 2. The maximum Gasteiger partial charge on any atom is 0.274 e. The van der Waals surface area contributed by atoms with Gasteiger partial charge in [0.25, 0.3) is 5.91 Å². The van der Waals surface area contributed by atoms with Gasteiger partial charge in [-0.1, -0.05) is 45.4 Å². The van der Waals surface area contributed by atoms with Gasteiger partial charge in [-0.15, -0.1) is 0 Å². The van der Waals surface area contributed by atoms with Crippen LogP contribution >= 0.6 is 15.9 Å². The number of likely N-dealkylation sites (tertiary alicyclic amines) is 2. The van der Waals surface area contributed by atoms with Gasteiger partial charge in [0, 0.05) is 29.0 Å². The first kappa shape index (κ1) is 25.8. The van der Waals surface area contributed by atoms with E-state index in [9.17, 15) is 4.79 Å². The molecule has 2 fully saturated rings. The van der Waals surface area contributed by atoms with Crippen LogP contribution in [0.25, 0.3) is 11.0 Å². The van der Waals surface area contributed by atoms with Crippen molar-refractivity contribution in [1.82, 2.24) is 19.8 Å². The van der Waals surface area contributed by atoms with Crippen molar-refractivity contribution < 1.29 is 9.63 Å². The summed E-state index contributed by atoms with van der Waals surface area (Å²) in [6.45, 7) is 8.40. The SMILES string of the molecule is CCON=C(c1ccc(Br)cc1)C1CCN(C2(C)CCN(C(=O)c3cnc4ccccc4n3)CC2)CC1. The summed E-state index contributed by atoms with van der Waals surface area (Å²) in [5.74, 6) is 0.353. The molecule has 0 saturated carbocycles. The smallest absolute Gasteiger partial charge is 0.274 e. The molecule has 0 atom stereocenters. The number of fused-ring (bicyclic) bond motifs is 1. The van der Waals surface area contributed by atoms with E-state index in [1.54, 1.807) is 6.20 Å². The fourth-order valence-corrected chi connectivity index (χ4v) is 5.80. The summed E-state index contributed by atoms with van der Waals surface area (Å²) >= 11 is 3.53. The average Bonchev–Trinajstić information content (AvgIpc) is 2.94. The van der Waals surface area contributed by atoms with Crippen LogP contribution in [0.1, 0.15) is 55.6 Å². The molecular formula is C29H34BrN5O2. The molecule has 1 aromatic heterocycles. The number of rotatable bonds is 6. The zero-order chi connectivity index (χ0) is 25.8. The topological polar surface area (TPSA) is 70.9 Å². The van der Waals surface area contributed by atoms with E-state index < -0.39 is 0 Å². The minimum atomic E-state index is -0.0229. The molecule has 7 nitrogen and oxygen atoms in total. The highest BCUT2D eigenvalue weighted by Gasteiger charge is 2.39. The maximum atomic E-state index is 13.2. The number of para-hydroxylation sites is 2. The molecule has 2 aromatic carbocycles. The summed E-state index contributed by atoms with van der Waals surface area (Å²) in [4.78, 5) is 32.2. The fraction of sp³-hybridized carbons (Fsp3) is 0.448. The molecule has 0 radical (unpaired) electrons. The van der Waals surface area contributed by atoms with E-state index in [0.29, 0.717) is 18.2 Å². The van der Waals surface area contributed by atoms with Gasteiger partial charge in [-0.2, -0.15) is 0 Å². The standard InChI is InChI=1S/C29H34BrN5O2/c1-3-37-33-27(21-8-10-23(30)11-9-21)22-12-16-35(17-13-22)29(2)14-18-34(19-15-29)28(36)26-20-31-24-6-4-5-7-25(24)32-26/h4-11,20,22H,3,12-19H2,1-2H3. The van der Waals surface area contributed by atoms with Gasteiger partial charge in [0.1, 0.15) is 12.3 Å². The van der Waals surface area contributed by atoms with Gasteiger partial charge in [-0.25, -0.2) is 4.98 Å². The third kappa shape index (κ3) is 5.70. The molecule has 1 amide bonds. The van der Waals surface area contributed by atoms with Gasteiger partial charge in [-0.05, 0) is 82.4 Å². The highest BCUT2D eigenvalue weighted by Crippen LogP contribution is 2.34. The van der Waals surface area contributed by atoms with Crippen molar-refractivity contribution >= 4 is 38.6 Å². The normalized spacial score (nSPS) is 19.2. The van der Waals surface area contributed by atoms with Crippen LogP contribution in [0.5, 0.6) is 0 Å². The molecule has 37 heavy (non-hydrogen) atoms. The van der Waals surface area contributed by atoms with Gasteiger partial charge >= 0.3 is 0 Å². The van der Waals surface area contributed by atoms with Crippen molar-refractivity contribution in [2.45, 2.75) is 45.1 Å². The summed E-state index contributed by atoms with van der Waals surface area (Å²) in [5, 5.41) is 4.53. The lowest BCUT2D eigenvalue weighted by Gasteiger charge is -2.49. The number of benzene rings is 2. The Morgan fingerprint density at radius 3 is 2.41 bits per heavy atom. The summed E-state index contributed by atoms with van der Waals surface area (Å²) in [5.41, 5.74) is 4.26. The quantitative estimate of drug-likeness (QED) is 0.291. The molecule has 2 aliphatic heterocycles. The van der Waals surface area contributed by atoms with Crippen LogP contribution in [0.2, 0.25) is 0 Å². The third-order valence-corrected chi connectivity index (χ3v) is 8.40. The van der Waals surface area contributed by atoms with Crippen LogP contribution in [-0.2, 0) is 4.84 Å². The number of piperidine rings is 2. The molecule has 3 heterocycles. The third-order valence-electron chi connectivity index (χ3n) is 7.87. The van der Waals surface area contributed by atoms with E-state index in [1.807, 2.05) is 36.1 Å². The first-order chi connectivity index (χ1) is 18.0. The molecule has 5 rings (SSSR count). The van der Waals surface area contributed by atoms with Crippen LogP contribution in [0, 0.1) is 5.92 Å². The molecule has 2 aliphatic rings. The monoisotopic (exact) mass is 563 g/mol. The Balaban J connectivity index is 1.20. The highest BCUT2D eigenvalue weighted by molar-refractivity contribution is 9.10. The Morgan fingerprint density at radius 2 is 1.73 bits per heavy atom. The molecule has 194 valence electrons. The molecule has 0 N–H and O–H groups in total.